The standard InChI is InChI=1S/C27H32F3N7O2S.C2H6/c1-25(2)14-18-4-3-11-35-17-19(15-31-35)40-34-24(38)20-5-6-21(32-23(20)36(25)16-18)37-12-7-22(33-37)39-13-10-26(8-9-26)27(28,29)30;1-2/h5-7,12,15,17-18H,3-4,8-11,13-14,16H2,1-2H3,(H,34,38);1-2H3. The van der Waals surface area contributed by atoms with Gasteiger partial charge in [-0.2, -0.15) is 18.3 Å². The van der Waals surface area contributed by atoms with Crippen LogP contribution in [-0.4, -0.2) is 55.3 Å². The van der Waals surface area contributed by atoms with Crippen molar-refractivity contribution in [2.24, 2.45) is 11.3 Å². The molecule has 1 saturated carbocycles. The molecule has 9 nitrogen and oxygen atoms in total. The molecule has 13 heteroatoms. The monoisotopic (exact) mass is 605 g/mol. The van der Waals surface area contributed by atoms with Crippen molar-refractivity contribution < 1.29 is 22.7 Å². The topological polar surface area (TPSA) is 90.1 Å². The zero-order chi connectivity index (χ0) is 30.1. The van der Waals surface area contributed by atoms with Gasteiger partial charge in [-0.3, -0.25) is 14.2 Å². The lowest BCUT2D eigenvalue weighted by molar-refractivity contribution is -0.190. The molecule has 0 aromatic carbocycles. The van der Waals surface area contributed by atoms with Crippen LogP contribution in [0.4, 0.5) is 19.0 Å². The van der Waals surface area contributed by atoms with Crippen LogP contribution in [-0.2, 0) is 6.54 Å². The highest BCUT2D eigenvalue weighted by Gasteiger charge is 2.62. The molecule has 1 amide bonds. The predicted molar refractivity (Wildman–Crippen MR) is 155 cm³/mol. The summed E-state index contributed by atoms with van der Waals surface area (Å²) in [6.45, 7) is 9.88. The Labute approximate surface area is 248 Å². The second-order valence-corrected chi connectivity index (χ2v) is 12.5. The van der Waals surface area contributed by atoms with Crippen molar-refractivity contribution in [2.75, 3.05) is 18.1 Å². The highest BCUT2D eigenvalue weighted by atomic mass is 32.2. The predicted octanol–water partition coefficient (Wildman–Crippen LogP) is 6.44. The summed E-state index contributed by atoms with van der Waals surface area (Å²) in [5.74, 6) is 1.49. The molecule has 1 N–H and O–H groups in total. The van der Waals surface area contributed by atoms with E-state index in [-0.39, 0.29) is 43.2 Å². The number of amides is 1. The molecule has 3 aromatic heterocycles. The van der Waals surface area contributed by atoms with Crippen molar-refractivity contribution in [1.29, 1.82) is 0 Å². The van der Waals surface area contributed by atoms with E-state index in [1.807, 2.05) is 24.7 Å². The normalized spacial score (nSPS) is 21.0. The number of fused-ring (bicyclic) bond motifs is 6. The molecule has 0 radical (unpaired) electrons. The molecule has 0 spiro atoms. The lowest BCUT2D eigenvalue weighted by atomic mass is 9.93. The maximum absolute atomic E-state index is 13.4. The number of ether oxygens (including phenoxy) is 1. The number of hydrogen-bond donors (Lipinski definition) is 1. The number of carbonyl (C=O) groups is 1. The molecule has 1 aliphatic carbocycles. The molecule has 228 valence electrons. The van der Waals surface area contributed by atoms with E-state index >= 15 is 0 Å². The molecule has 4 bridgehead atoms. The van der Waals surface area contributed by atoms with Crippen LogP contribution >= 0.6 is 11.9 Å². The Balaban J connectivity index is 0.00000173. The SMILES string of the molecule is CC.CC1(C)CC2CCCn3cc(cn3)SNC(=O)c3ccc(-n4ccc(OCCC5(C(F)(F)F)CC5)n4)nc3N1C2. The molecular formula is C29H38F3N7O2S. The minimum absolute atomic E-state index is 0.0613. The zero-order valence-electron chi connectivity index (χ0n) is 24.4. The van der Waals surface area contributed by atoms with Gasteiger partial charge >= 0.3 is 6.18 Å². The largest absolute Gasteiger partial charge is 0.477 e. The fraction of sp³-hybridized carbons (Fsp3) is 0.586. The van der Waals surface area contributed by atoms with Gasteiger partial charge in [0.2, 0.25) is 5.88 Å². The van der Waals surface area contributed by atoms with Crippen LogP contribution in [0.25, 0.3) is 5.82 Å². The Morgan fingerprint density at radius 2 is 1.98 bits per heavy atom. The molecule has 2 fully saturated rings. The lowest BCUT2D eigenvalue weighted by Crippen LogP contribution is -2.40. The zero-order valence-corrected chi connectivity index (χ0v) is 25.3. The lowest BCUT2D eigenvalue weighted by Gasteiger charge is -2.34. The third-order valence-corrected chi connectivity index (χ3v) is 9.01. The Kier molecular flexibility index (Phi) is 8.51. The molecule has 42 heavy (non-hydrogen) atoms. The first-order chi connectivity index (χ1) is 20.0. The summed E-state index contributed by atoms with van der Waals surface area (Å²) in [7, 11) is 0. The Morgan fingerprint density at radius 3 is 2.71 bits per heavy atom. The van der Waals surface area contributed by atoms with Crippen LogP contribution in [0.3, 0.4) is 0 Å². The fourth-order valence-electron chi connectivity index (χ4n) is 5.81. The second kappa shape index (κ2) is 11.8. The smallest absolute Gasteiger partial charge is 0.394 e. The van der Waals surface area contributed by atoms with E-state index in [9.17, 15) is 18.0 Å². The highest BCUT2D eigenvalue weighted by Crippen LogP contribution is 2.59. The van der Waals surface area contributed by atoms with Crippen LogP contribution in [0.5, 0.6) is 5.88 Å². The van der Waals surface area contributed by atoms with E-state index in [0.29, 0.717) is 23.1 Å². The van der Waals surface area contributed by atoms with E-state index < -0.39 is 11.6 Å². The third-order valence-electron chi connectivity index (χ3n) is 8.28. The van der Waals surface area contributed by atoms with Crippen molar-refractivity contribution in [2.45, 2.75) is 89.4 Å². The van der Waals surface area contributed by atoms with Crippen LogP contribution in [0.15, 0.2) is 41.7 Å². The van der Waals surface area contributed by atoms with Crippen molar-refractivity contribution in [3.05, 3.63) is 42.4 Å². The summed E-state index contributed by atoms with van der Waals surface area (Å²) >= 11 is 1.22. The molecule has 3 aliphatic rings. The number of pyridine rings is 1. The summed E-state index contributed by atoms with van der Waals surface area (Å²) in [6, 6.07) is 5.07. The van der Waals surface area contributed by atoms with Gasteiger partial charge in [0.05, 0.1) is 28.7 Å². The van der Waals surface area contributed by atoms with Crippen molar-refractivity contribution >= 4 is 23.7 Å². The molecule has 1 unspecified atom stereocenters. The van der Waals surface area contributed by atoms with Gasteiger partial charge in [0, 0.05) is 37.1 Å². The van der Waals surface area contributed by atoms with Gasteiger partial charge in [0.25, 0.3) is 5.91 Å². The first kappa shape index (κ1) is 30.2. The number of aryl methyl sites for hydroxylation is 1. The van der Waals surface area contributed by atoms with Crippen molar-refractivity contribution in [3.63, 3.8) is 0 Å². The van der Waals surface area contributed by atoms with Crippen LogP contribution in [0.2, 0.25) is 0 Å². The van der Waals surface area contributed by atoms with Crippen LogP contribution < -0.4 is 14.4 Å². The maximum atomic E-state index is 13.4. The van der Waals surface area contributed by atoms with E-state index in [0.717, 1.165) is 37.2 Å². The molecular weight excluding hydrogens is 567 g/mol. The summed E-state index contributed by atoms with van der Waals surface area (Å²) in [5.41, 5.74) is -1.37. The first-order valence-corrected chi connectivity index (χ1v) is 15.4. The minimum atomic E-state index is -4.20. The molecule has 1 atom stereocenters. The van der Waals surface area contributed by atoms with Gasteiger partial charge in [0.15, 0.2) is 5.82 Å². The average Bonchev–Trinajstić information content (AvgIpc) is 3.26. The van der Waals surface area contributed by atoms with Gasteiger partial charge in [-0.25, -0.2) is 9.67 Å². The molecule has 2 aliphatic heterocycles. The number of nitrogens with zero attached hydrogens (tertiary/aromatic N) is 6. The Bertz CT molecular complexity index is 1400. The van der Waals surface area contributed by atoms with Gasteiger partial charge in [-0.1, -0.05) is 13.8 Å². The number of alkyl halides is 3. The molecule has 6 rings (SSSR count). The van der Waals surface area contributed by atoms with Crippen molar-refractivity contribution in [1.82, 2.24) is 29.3 Å². The van der Waals surface area contributed by atoms with Crippen LogP contribution in [0.1, 0.15) is 76.6 Å². The molecule has 5 heterocycles. The number of nitrogens with one attached hydrogen (secondary N) is 1. The van der Waals surface area contributed by atoms with Gasteiger partial charge in [-0.05, 0) is 82.4 Å². The summed E-state index contributed by atoms with van der Waals surface area (Å²) in [5, 5.41) is 8.81. The molecule has 3 aromatic rings. The number of hydrogen-bond acceptors (Lipinski definition) is 7. The number of anilines is 1. The highest BCUT2D eigenvalue weighted by molar-refractivity contribution is 7.98. The second-order valence-electron chi connectivity index (χ2n) is 11.6. The first-order valence-electron chi connectivity index (χ1n) is 14.6. The number of carbonyl (C=O) groups excluding carboxylic acids is 1. The molecule has 1 saturated heterocycles. The number of rotatable bonds is 5. The maximum Gasteiger partial charge on any atom is 0.394 e. The summed E-state index contributed by atoms with van der Waals surface area (Å²) < 4.78 is 51.6. The van der Waals surface area contributed by atoms with Crippen molar-refractivity contribution in [3.8, 4) is 11.7 Å². The van der Waals surface area contributed by atoms with E-state index in [1.165, 1.54) is 16.6 Å². The third kappa shape index (κ3) is 6.25. The summed E-state index contributed by atoms with van der Waals surface area (Å²) in [6.07, 6.45) is 4.38. The van der Waals surface area contributed by atoms with E-state index in [2.05, 4.69) is 33.7 Å². The van der Waals surface area contributed by atoms with Gasteiger partial charge < -0.3 is 9.64 Å². The quantitative estimate of drug-likeness (QED) is 0.335. The fourth-order valence-corrected chi connectivity index (χ4v) is 6.41. The average molecular weight is 606 g/mol. The Hall–Kier alpha value is -3.22. The van der Waals surface area contributed by atoms with Gasteiger partial charge in [0.1, 0.15) is 5.82 Å². The van der Waals surface area contributed by atoms with Crippen LogP contribution in [0, 0.1) is 11.3 Å². The van der Waals surface area contributed by atoms with E-state index in [1.54, 1.807) is 30.6 Å². The summed E-state index contributed by atoms with van der Waals surface area (Å²) in [4.78, 5) is 21.3. The Morgan fingerprint density at radius 1 is 1.19 bits per heavy atom. The minimum Gasteiger partial charge on any atom is -0.477 e. The van der Waals surface area contributed by atoms with Gasteiger partial charge in [-0.15, -0.1) is 5.10 Å². The number of halogens is 3. The number of aromatic nitrogens is 5. The van der Waals surface area contributed by atoms with E-state index in [4.69, 9.17) is 9.72 Å².